The first-order valence-electron chi connectivity index (χ1n) is 9.28. The average molecular weight is 398 g/mol. The molecule has 0 N–H and O–H groups in total. The molecule has 0 bridgehead atoms. The molecule has 2 saturated heterocycles. The molecule has 2 aliphatic rings. The standard InChI is InChI=1S/C21H20ClN3O3/c22-16-4-2-5-17(14-16)23-9-11-24(12-10-23)21(28)15-3-1-6-18(13-15)25-19(26)7-8-20(25)27/h1-6,13-14H,7-12H2. The van der Waals surface area contributed by atoms with E-state index in [0.717, 1.165) is 18.8 Å². The molecule has 0 aliphatic carbocycles. The maximum Gasteiger partial charge on any atom is 0.254 e. The third-order valence-electron chi connectivity index (χ3n) is 5.14. The molecule has 2 aromatic carbocycles. The summed E-state index contributed by atoms with van der Waals surface area (Å²) in [5.41, 5.74) is 2.00. The van der Waals surface area contributed by atoms with Gasteiger partial charge in [-0.25, -0.2) is 0 Å². The van der Waals surface area contributed by atoms with Gasteiger partial charge in [-0.2, -0.15) is 0 Å². The molecule has 28 heavy (non-hydrogen) atoms. The van der Waals surface area contributed by atoms with Crippen LogP contribution in [0.5, 0.6) is 0 Å². The minimum atomic E-state index is -0.218. The lowest BCUT2D eigenvalue weighted by molar-refractivity contribution is -0.121. The fourth-order valence-electron chi connectivity index (χ4n) is 3.67. The van der Waals surface area contributed by atoms with Gasteiger partial charge in [-0.05, 0) is 36.4 Å². The largest absolute Gasteiger partial charge is 0.368 e. The Labute approximate surface area is 168 Å². The lowest BCUT2D eigenvalue weighted by Crippen LogP contribution is -2.48. The molecule has 0 spiro atoms. The van der Waals surface area contributed by atoms with Gasteiger partial charge < -0.3 is 9.80 Å². The zero-order chi connectivity index (χ0) is 19.7. The first-order valence-corrected chi connectivity index (χ1v) is 9.66. The van der Waals surface area contributed by atoms with Crippen LogP contribution in [-0.4, -0.2) is 48.8 Å². The number of benzene rings is 2. The van der Waals surface area contributed by atoms with Gasteiger partial charge in [0.1, 0.15) is 0 Å². The second kappa shape index (κ2) is 7.64. The number of piperazine rings is 1. The summed E-state index contributed by atoms with van der Waals surface area (Å²) >= 11 is 6.07. The highest BCUT2D eigenvalue weighted by molar-refractivity contribution is 6.30. The Kier molecular flexibility index (Phi) is 5.05. The van der Waals surface area contributed by atoms with Crippen LogP contribution >= 0.6 is 11.6 Å². The highest BCUT2D eigenvalue weighted by atomic mass is 35.5. The van der Waals surface area contributed by atoms with Crippen molar-refractivity contribution in [2.24, 2.45) is 0 Å². The Hall–Kier alpha value is -2.86. The Bertz CT molecular complexity index is 922. The van der Waals surface area contributed by atoms with Crippen LogP contribution in [0.1, 0.15) is 23.2 Å². The van der Waals surface area contributed by atoms with Gasteiger partial charge in [0.25, 0.3) is 5.91 Å². The van der Waals surface area contributed by atoms with Gasteiger partial charge in [0.2, 0.25) is 11.8 Å². The van der Waals surface area contributed by atoms with Crippen LogP contribution in [0.4, 0.5) is 11.4 Å². The molecule has 0 aromatic heterocycles. The second-order valence-corrected chi connectivity index (χ2v) is 7.37. The van der Waals surface area contributed by atoms with Gasteiger partial charge >= 0.3 is 0 Å². The molecule has 0 unspecified atom stereocenters. The van der Waals surface area contributed by atoms with Crippen LogP contribution < -0.4 is 9.80 Å². The van der Waals surface area contributed by atoms with E-state index in [1.54, 1.807) is 29.2 Å². The number of amides is 3. The summed E-state index contributed by atoms with van der Waals surface area (Å²) < 4.78 is 0. The third-order valence-corrected chi connectivity index (χ3v) is 5.38. The number of halogens is 1. The smallest absolute Gasteiger partial charge is 0.254 e. The second-order valence-electron chi connectivity index (χ2n) is 6.93. The van der Waals surface area contributed by atoms with E-state index in [0.29, 0.717) is 29.4 Å². The quantitative estimate of drug-likeness (QED) is 0.747. The summed E-state index contributed by atoms with van der Waals surface area (Å²) in [4.78, 5) is 42.0. The Morgan fingerprint density at radius 1 is 0.821 bits per heavy atom. The van der Waals surface area contributed by atoms with Crippen molar-refractivity contribution in [3.05, 3.63) is 59.1 Å². The lowest BCUT2D eigenvalue weighted by atomic mass is 10.1. The molecule has 144 valence electrons. The Balaban J connectivity index is 1.45. The fraction of sp³-hybridized carbons (Fsp3) is 0.286. The SMILES string of the molecule is O=C(c1cccc(N2C(=O)CCC2=O)c1)N1CCN(c2cccc(Cl)c2)CC1. The highest BCUT2D eigenvalue weighted by Gasteiger charge is 2.31. The normalized spacial score (nSPS) is 17.4. The lowest BCUT2D eigenvalue weighted by Gasteiger charge is -2.36. The molecule has 6 nitrogen and oxygen atoms in total. The van der Waals surface area contributed by atoms with Crippen molar-refractivity contribution in [2.45, 2.75) is 12.8 Å². The van der Waals surface area contributed by atoms with Crippen LogP contribution in [0.15, 0.2) is 48.5 Å². The number of carbonyl (C=O) groups is 3. The molecular weight excluding hydrogens is 378 g/mol. The first kappa shape index (κ1) is 18.5. The van der Waals surface area contributed by atoms with E-state index in [1.807, 2.05) is 24.3 Å². The van der Waals surface area contributed by atoms with Crippen molar-refractivity contribution in [3.8, 4) is 0 Å². The monoisotopic (exact) mass is 397 g/mol. The Morgan fingerprint density at radius 2 is 1.46 bits per heavy atom. The molecule has 4 rings (SSSR count). The number of hydrogen-bond donors (Lipinski definition) is 0. The molecular formula is C21H20ClN3O3. The van der Waals surface area contributed by atoms with Gasteiger partial charge in [-0.1, -0.05) is 23.7 Å². The molecule has 0 saturated carbocycles. The van der Waals surface area contributed by atoms with Gasteiger partial charge in [-0.15, -0.1) is 0 Å². The number of rotatable bonds is 3. The van der Waals surface area contributed by atoms with Crippen LogP contribution in [-0.2, 0) is 9.59 Å². The van der Waals surface area contributed by atoms with Crippen LogP contribution in [0, 0.1) is 0 Å². The van der Waals surface area contributed by atoms with Crippen molar-refractivity contribution in [3.63, 3.8) is 0 Å². The topological polar surface area (TPSA) is 60.9 Å². The van der Waals surface area contributed by atoms with Gasteiger partial charge in [0.05, 0.1) is 5.69 Å². The number of anilines is 2. The molecule has 0 atom stereocenters. The molecule has 2 aromatic rings. The number of carbonyl (C=O) groups excluding carboxylic acids is 3. The van der Waals surface area contributed by atoms with Gasteiger partial charge in [-0.3, -0.25) is 19.3 Å². The number of nitrogens with zero attached hydrogens (tertiary/aromatic N) is 3. The summed E-state index contributed by atoms with van der Waals surface area (Å²) in [6.45, 7) is 2.62. The first-order chi connectivity index (χ1) is 13.5. The van der Waals surface area contributed by atoms with E-state index in [4.69, 9.17) is 11.6 Å². The van der Waals surface area contributed by atoms with E-state index in [9.17, 15) is 14.4 Å². The van der Waals surface area contributed by atoms with E-state index in [-0.39, 0.29) is 30.6 Å². The van der Waals surface area contributed by atoms with Gasteiger partial charge in [0.15, 0.2) is 0 Å². The Morgan fingerprint density at radius 3 is 2.14 bits per heavy atom. The van der Waals surface area contributed by atoms with Crippen molar-refractivity contribution in [1.29, 1.82) is 0 Å². The van der Waals surface area contributed by atoms with Crippen LogP contribution in [0.3, 0.4) is 0 Å². The fourth-order valence-corrected chi connectivity index (χ4v) is 3.85. The van der Waals surface area contributed by atoms with Crippen molar-refractivity contribution in [1.82, 2.24) is 4.90 Å². The molecule has 3 amide bonds. The van der Waals surface area contributed by atoms with Crippen molar-refractivity contribution in [2.75, 3.05) is 36.0 Å². The van der Waals surface area contributed by atoms with Crippen LogP contribution in [0.25, 0.3) is 0 Å². The minimum Gasteiger partial charge on any atom is -0.368 e. The average Bonchev–Trinajstić information content (AvgIpc) is 3.06. The molecule has 0 radical (unpaired) electrons. The minimum absolute atomic E-state index is 0.0910. The zero-order valence-corrected chi connectivity index (χ0v) is 16.1. The zero-order valence-electron chi connectivity index (χ0n) is 15.3. The number of hydrogen-bond acceptors (Lipinski definition) is 4. The maximum atomic E-state index is 12.9. The molecule has 2 fully saturated rings. The summed E-state index contributed by atoms with van der Waals surface area (Å²) in [6, 6.07) is 14.4. The molecule has 2 aliphatic heterocycles. The van der Waals surface area contributed by atoms with E-state index < -0.39 is 0 Å². The maximum absolute atomic E-state index is 12.9. The molecule has 2 heterocycles. The van der Waals surface area contributed by atoms with E-state index >= 15 is 0 Å². The number of imide groups is 1. The summed E-state index contributed by atoms with van der Waals surface area (Å²) in [7, 11) is 0. The van der Waals surface area contributed by atoms with E-state index in [2.05, 4.69) is 4.90 Å². The predicted molar refractivity (Wildman–Crippen MR) is 108 cm³/mol. The van der Waals surface area contributed by atoms with Crippen molar-refractivity contribution < 1.29 is 14.4 Å². The van der Waals surface area contributed by atoms with Crippen LogP contribution in [0.2, 0.25) is 5.02 Å². The third kappa shape index (κ3) is 3.60. The van der Waals surface area contributed by atoms with Gasteiger partial charge in [0, 0.05) is 55.3 Å². The predicted octanol–water partition coefficient (Wildman–Crippen LogP) is 2.96. The summed E-state index contributed by atoms with van der Waals surface area (Å²) in [6.07, 6.45) is 0.449. The van der Waals surface area contributed by atoms with Crippen molar-refractivity contribution >= 4 is 40.7 Å². The summed E-state index contributed by atoms with van der Waals surface area (Å²) in [5.74, 6) is -0.527. The molecule has 7 heteroatoms. The summed E-state index contributed by atoms with van der Waals surface area (Å²) in [5, 5.41) is 0.693. The highest BCUT2D eigenvalue weighted by Crippen LogP contribution is 2.25. The van der Waals surface area contributed by atoms with E-state index in [1.165, 1.54) is 4.90 Å².